The Hall–Kier alpha value is -0.0800. The third-order valence-corrected chi connectivity index (χ3v) is 3.40. The van der Waals surface area contributed by atoms with Gasteiger partial charge in [-0.05, 0) is 38.0 Å². The minimum atomic E-state index is 0.144. The Balaban J connectivity index is 2.19. The molecular weight excluding hydrogens is 174 g/mol. The van der Waals surface area contributed by atoms with E-state index in [4.69, 9.17) is 10.5 Å². The first kappa shape index (κ1) is 12.0. The molecule has 1 fully saturated rings. The van der Waals surface area contributed by atoms with Gasteiger partial charge in [-0.1, -0.05) is 19.8 Å². The zero-order valence-corrected chi connectivity index (χ0v) is 9.72. The van der Waals surface area contributed by atoms with E-state index in [1.807, 2.05) is 0 Å². The van der Waals surface area contributed by atoms with Crippen molar-refractivity contribution in [2.24, 2.45) is 11.7 Å². The number of methoxy groups -OCH3 is 1. The van der Waals surface area contributed by atoms with Gasteiger partial charge in [0, 0.05) is 19.3 Å². The summed E-state index contributed by atoms with van der Waals surface area (Å²) in [7, 11) is 1.76. The Kier molecular flexibility index (Phi) is 4.90. The van der Waals surface area contributed by atoms with Crippen LogP contribution in [0.3, 0.4) is 0 Å². The zero-order valence-electron chi connectivity index (χ0n) is 9.72. The molecule has 2 unspecified atom stereocenters. The predicted molar refractivity (Wildman–Crippen MR) is 60.3 cm³/mol. The summed E-state index contributed by atoms with van der Waals surface area (Å²) in [5.41, 5.74) is 6.54. The molecular formula is C12H25NO. The van der Waals surface area contributed by atoms with Crippen LogP contribution in [0.25, 0.3) is 0 Å². The van der Waals surface area contributed by atoms with Gasteiger partial charge >= 0.3 is 0 Å². The quantitative estimate of drug-likeness (QED) is 0.691. The van der Waals surface area contributed by atoms with E-state index in [1.54, 1.807) is 7.11 Å². The normalized spacial score (nSPS) is 33.2. The van der Waals surface area contributed by atoms with Crippen LogP contribution in [-0.2, 0) is 4.74 Å². The fraction of sp³-hybridized carbons (Fsp3) is 1.00. The van der Waals surface area contributed by atoms with Crippen molar-refractivity contribution in [3.63, 3.8) is 0 Å². The maximum absolute atomic E-state index is 6.39. The Bertz CT molecular complexity index is 160. The maximum atomic E-state index is 6.39. The monoisotopic (exact) mass is 199 g/mol. The molecule has 2 nitrogen and oxygen atoms in total. The van der Waals surface area contributed by atoms with E-state index in [0.717, 1.165) is 18.9 Å². The van der Waals surface area contributed by atoms with E-state index in [1.165, 1.54) is 38.5 Å². The molecule has 0 spiro atoms. The van der Waals surface area contributed by atoms with E-state index in [9.17, 15) is 0 Å². The van der Waals surface area contributed by atoms with Crippen LogP contribution >= 0.6 is 0 Å². The van der Waals surface area contributed by atoms with Crippen molar-refractivity contribution < 1.29 is 4.74 Å². The van der Waals surface area contributed by atoms with Crippen molar-refractivity contribution in [3.05, 3.63) is 0 Å². The molecule has 2 N–H and O–H groups in total. The Labute approximate surface area is 88.2 Å². The summed E-state index contributed by atoms with van der Waals surface area (Å²) in [6, 6.07) is 0. The number of nitrogens with two attached hydrogens (primary N) is 1. The third kappa shape index (κ3) is 3.97. The molecule has 1 aliphatic rings. The Morgan fingerprint density at radius 3 is 2.86 bits per heavy atom. The van der Waals surface area contributed by atoms with E-state index in [2.05, 4.69) is 6.92 Å². The summed E-state index contributed by atoms with van der Waals surface area (Å²) >= 11 is 0. The summed E-state index contributed by atoms with van der Waals surface area (Å²) < 4.78 is 5.04. The molecule has 0 radical (unpaired) electrons. The van der Waals surface area contributed by atoms with Gasteiger partial charge in [0.2, 0.25) is 0 Å². The summed E-state index contributed by atoms with van der Waals surface area (Å²) in [5.74, 6) is 0.830. The van der Waals surface area contributed by atoms with E-state index in [-0.39, 0.29) is 5.54 Å². The van der Waals surface area contributed by atoms with Gasteiger partial charge in [0.05, 0.1) is 0 Å². The molecule has 0 saturated heterocycles. The van der Waals surface area contributed by atoms with Crippen molar-refractivity contribution in [1.82, 2.24) is 0 Å². The highest BCUT2D eigenvalue weighted by Crippen LogP contribution is 2.33. The first-order valence-electron chi connectivity index (χ1n) is 5.94. The fourth-order valence-corrected chi connectivity index (χ4v) is 2.65. The third-order valence-electron chi connectivity index (χ3n) is 3.40. The van der Waals surface area contributed by atoms with Gasteiger partial charge in [-0.2, -0.15) is 0 Å². The predicted octanol–water partition coefficient (Wildman–Crippen LogP) is 2.71. The molecule has 1 saturated carbocycles. The highest BCUT2D eigenvalue weighted by Gasteiger charge is 2.29. The minimum Gasteiger partial charge on any atom is -0.385 e. The van der Waals surface area contributed by atoms with E-state index in [0.29, 0.717) is 0 Å². The van der Waals surface area contributed by atoms with Gasteiger partial charge in [-0.3, -0.25) is 0 Å². The van der Waals surface area contributed by atoms with Gasteiger partial charge in [0.25, 0.3) is 0 Å². The first-order valence-corrected chi connectivity index (χ1v) is 5.94. The van der Waals surface area contributed by atoms with Gasteiger partial charge in [-0.15, -0.1) is 0 Å². The van der Waals surface area contributed by atoms with E-state index >= 15 is 0 Å². The van der Waals surface area contributed by atoms with Gasteiger partial charge in [0.15, 0.2) is 0 Å². The summed E-state index contributed by atoms with van der Waals surface area (Å²) in [6.45, 7) is 3.21. The maximum Gasteiger partial charge on any atom is 0.0462 e. The molecule has 0 bridgehead atoms. The minimum absolute atomic E-state index is 0.144. The molecule has 0 aromatic rings. The van der Waals surface area contributed by atoms with Crippen LogP contribution in [0.4, 0.5) is 0 Å². The highest BCUT2D eigenvalue weighted by molar-refractivity contribution is 4.89. The SMILES string of the molecule is COCCCCC1(N)CCCC(C)C1. The molecule has 0 aromatic heterocycles. The Morgan fingerprint density at radius 2 is 2.21 bits per heavy atom. The van der Waals surface area contributed by atoms with Crippen LogP contribution in [0.5, 0.6) is 0 Å². The summed E-state index contributed by atoms with van der Waals surface area (Å²) in [4.78, 5) is 0. The molecule has 0 aliphatic heterocycles. The second-order valence-corrected chi connectivity index (χ2v) is 5.01. The lowest BCUT2D eigenvalue weighted by Gasteiger charge is -2.37. The summed E-state index contributed by atoms with van der Waals surface area (Å²) in [5, 5.41) is 0. The Morgan fingerprint density at radius 1 is 1.43 bits per heavy atom. The van der Waals surface area contributed by atoms with Crippen LogP contribution in [0.15, 0.2) is 0 Å². The lowest BCUT2D eigenvalue weighted by molar-refractivity contribution is 0.178. The second-order valence-electron chi connectivity index (χ2n) is 5.01. The van der Waals surface area contributed by atoms with Crippen molar-refractivity contribution >= 4 is 0 Å². The van der Waals surface area contributed by atoms with Crippen molar-refractivity contribution in [2.45, 2.75) is 57.4 Å². The largest absolute Gasteiger partial charge is 0.385 e. The van der Waals surface area contributed by atoms with Gasteiger partial charge in [0.1, 0.15) is 0 Å². The average molecular weight is 199 g/mol. The van der Waals surface area contributed by atoms with Crippen LogP contribution in [-0.4, -0.2) is 19.3 Å². The average Bonchev–Trinajstić information content (AvgIpc) is 2.12. The lowest BCUT2D eigenvalue weighted by atomic mass is 9.74. The van der Waals surface area contributed by atoms with Crippen LogP contribution < -0.4 is 5.73 Å². The second kappa shape index (κ2) is 5.72. The number of hydrogen-bond donors (Lipinski definition) is 1. The van der Waals surface area contributed by atoms with Crippen molar-refractivity contribution in [3.8, 4) is 0 Å². The van der Waals surface area contributed by atoms with Crippen molar-refractivity contribution in [1.29, 1.82) is 0 Å². The molecule has 2 atom stereocenters. The molecule has 84 valence electrons. The van der Waals surface area contributed by atoms with Crippen molar-refractivity contribution in [2.75, 3.05) is 13.7 Å². The topological polar surface area (TPSA) is 35.2 Å². The standard InChI is InChI=1S/C12H25NO/c1-11-6-5-8-12(13,10-11)7-3-4-9-14-2/h11H,3-10,13H2,1-2H3. The van der Waals surface area contributed by atoms with E-state index < -0.39 is 0 Å². The van der Waals surface area contributed by atoms with Crippen LogP contribution in [0.2, 0.25) is 0 Å². The molecule has 14 heavy (non-hydrogen) atoms. The molecule has 0 amide bonds. The molecule has 1 rings (SSSR count). The number of unbranched alkanes of at least 4 members (excludes halogenated alkanes) is 1. The lowest BCUT2D eigenvalue weighted by Crippen LogP contribution is -2.43. The fourth-order valence-electron chi connectivity index (χ4n) is 2.65. The number of hydrogen-bond acceptors (Lipinski definition) is 2. The number of rotatable bonds is 5. The number of ether oxygens (including phenoxy) is 1. The van der Waals surface area contributed by atoms with Crippen LogP contribution in [0.1, 0.15) is 51.9 Å². The molecule has 1 aliphatic carbocycles. The molecule has 0 aromatic carbocycles. The smallest absolute Gasteiger partial charge is 0.0462 e. The highest BCUT2D eigenvalue weighted by atomic mass is 16.5. The van der Waals surface area contributed by atoms with Gasteiger partial charge < -0.3 is 10.5 Å². The summed E-state index contributed by atoms with van der Waals surface area (Å²) in [6.07, 6.45) is 8.70. The zero-order chi connectivity index (χ0) is 10.4. The van der Waals surface area contributed by atoms with Crippen LogP contribution in [0, 0.1) is 5.92 Å². The molecule has 2 heteroatoms. The van der Waals surface area contributed by atoms with Gasteiger partial charge in [-0.25, -0.2) is 0 Å². The first-order chi connectivity index (χ1) is 6.66. The molecule has 0 heterocycles.